The number of hydrogen-bond acceptors (Lipinski definition) is 3. The van der Waals surface area contributed by atoms with Crippen molar-refractivity contribution in [2.45, 2.75) is 26.3 Å². The van der Waals surface area contributed by atoms with Gasteiger partial charge in [-0.1, -0.05) is 30.3 Å². The average molecular weight is 326 g/mol. The number of nitrogens with one attached hydrogen (secondary N) is 1. The van der Waals surface area contributed by atoms with E-state index in [2.05, 4.69) is 10.4 Å². The Hall–Kier alpha value is -2.63. The highest BCUT2D eigenvalue weighted by Crippen LogP contribution is 2.24. The Bertz CT molecular complexity index is 711. The monoisotopic (exact) mass is 326 g/mol. The van der Waals surface area contributed by atoms with Gasteiger partial charge in [-0.15, -0.1) is 0 Å². The van der Waals surface area contributed by atoms with Gasteiger partial charge >= 0.3 is 0 Å². The minimum Gasteiger partial charge on any atom is -0.355 e. The molecule has 2 heterocycles. The van der Waals surface area contributed by atoms with Crippen LogP contribution in [0, 0.1) is 5.92 Å². The van der Waals surface area contributed by atoms with Gasteiger partial charge in [0.25, 0.3) is 0 Å². The summed E-state index contributed by atoms with van der Waals surface area (Å²) in [7, 11) is 0. The largest absolute Gasteiger partial charge is 0.355 e. The fourth-order valence-electron chi connectivity index (χ4n) is 2.92. The first-order valence-corrected chi connectivity index (χ1v) is 8.32. The molecule has 1 aromatic carbocycles. The summed E-state index contributed by atoms with van der Waals surface area (Å²) in [4.78, 5) is 26.2. The second kappa shape index (κ2) is 7.29. The third kappa shape index (κ3) is 3.64. The highest BCUT2D eigenvalue weighted by molar-refractivity contribution is 6.00. The van der Waals surface area contributed by atoms with Crippen LogP contribution in [0.5, 0.6) is 0 Å². The summed E-state index contributed by atoms with van der Waals surface area (Å²) in [5.74, 6) is -0.364. The Balaban J connectivity index is 1.52. The normalized spacial score (nSPS) is 17.3. The Labute approximate surface area is 141 Å². The number of carbonyl (C=O) groups excluding carboxylic acids is 2. The Morgan fingerprint density at radius 3 is 2.83 bits per heavy atom. The summed E-state index contributed by atoms with van der Waals surface area (Å²) in [6.45, 7) is 3.75. The molecule has 6 heteroatoms. The van der Waals surface area contributed by atoms with Crippen LogP contribution in [0.2, 0.25) is 0 Å². The van der Waals surface area contributed by atoms with Crippen molar-refractivity contribution in [3.8, 4) is 0 Å². The quantitative estimate of drug-likeness (QED) is 0.877. The van der Waals surface area contributed by atoms with E-state index in [0.717, 1.165) is 18.7 Å². The maximum atomic E-state index is 12.3. The van der Waals surface area contributed by atoms with E-state index in [9.17, 15) is 9.59 Å². The van der Waals surface area contributed by atoms with Crippen molar-refractivity contribution in [1.82, 2.24) is 15.1 Å². The second-order valence-corrected chi connectivity index (χ2v) is 5.99. The molecule has 2 aromatic rings. The van der Waals surface area contributed by atoms with Gasteiger partial charge < -0.3 is 10.2 Å². The molecule has 0 radical (unpaired) electrons. The smallest absolute Gasteiger partial charge is 0.227 e. The zero-order valence-corrected chi connectivity index (χ0v) is 13.8. The molecule has 1 N–H and O–H groups in total. The van der Waals surface area contributed by atoms with E-state index >= 15 is 0 Å². The molecule has 0 bridgehead atoms. The van der Waals surface area contributed by atoms with Crippen LogP contribution < -0.4 is 10.2 Å². The van der Waals surface area contributed by atoms with E-state index < -0.39 is 0 Å². The van der Waals surface area contributed by atoms with Gasteiger partial charge in [0.15, 0.2) is 0 Å². The van der Waals surface area contributed by atoms with E-state index in [4.69, 9.17) is 0 Å². The third-order valence-electron chi connectivity index (χ3n) is 4.31. The predicted octanol–water partition coefficient (Wildman–Crippen LogP) is 1.61. The van der Waals surface area contributed by atoms with Crippen molar-refractivity contribution in [3.05, 3.63) is 48.3 Å². The molecular weight excluding hydrogens is 304 g/mol. The third-order valence-corrected chi connectivity index (χ3v) is 4.31. The summed E-state index contributed by atoms with van der Waals surface area (Å²) in [6, 6.07) is 10.0. The predicted molar refractivity (Wildman–Crippen MR) is 91.5 cm³/mol. The van der Waals surface area contributed by atoms with Crippen LogP contribution in [0.1, 0.15) is 18.9 Å². The average Bonchev–Trinajstić information content (AvgIpc) is 3.22. The highest BCUT2D eigenvalue weighted by atomic mass is 16.2. The number of benzene rings is 1. The number of anilines is 1. The zero-order chi connectivity index (χ0) is 16.9. The lowest BCUT2D eigenvalue weighted by atomic mass is 10.1. The highest BCUT2D eigenvalue weighted by Gasteiger charge is 2.35. The molecule has 2 amide bonds. The van der Waals surface area contributed by atoms with Crippen molar-refractivity contribution in [2.75, 3.05) is 18.0 Å². The van der Waals surface area contributed by atoms with Crippen molar-refractivity contribution in [1.29, 1.82) is 0 Å². The molecule has 1 saturated heterocycles. The molecule has 0 spiro atoms. The fraction of sp³-hybridized carbons (Fsp3) is 0.389. The second-order valence-electron chi connectivity index (χ2n) is 5.99. The van der Waals surface area contributed by atoms with Crippen LogP contribution in [0.3, 0.4) is 0 Å². The Kier molecular flexibility index (Phi) is 4.93. The maximum Gasteiger partial charge on any atom is 0.227 e. The molecular formula is C18H22N4O2. The first-order valence-electron chi connectivity index (χ1n) is 8.32. The topological polar surface area (TPSA) is 67.2 Å². The van der Waals surface area contributed by atoms with Crippen molar-refractivity contribution in [2.24, 2.45) is 5.92 Å². The Morgan fingerprint density at radius 1 is 1.33 bits per heavy atom. The van der Waals surface area contributed by atoms with Crippen molar-refractivity contribution in [3.63, 3.8) is 0 Å². The lowest BCUT2D eigenvalue weighted by Gasteiger charge is -2.14. The molecule has 24 heavy (non-hydrogen) atoms. The first kappa shape index (κ1) is 16.2. The molecule has 3 rings (SSSR count). The van der Waals surface area contributed by atoms with Crippen LogP contribution in [-0.4, -0.2) is 34.7 Å². The van der Waals surface area contributed by atoms with E-state index in [-0.39, 0.29) is 24.2 Å². The van der Waals surface area contributed by atoms with Gasteiger partial charge in [0, 0.05) is 32.3 Å². The number of hydrogen-bond donors (Lipinski definition) is 1. The van der Waals surface area contributed by atoms with Crippen molar-refractivity contribution < 1.29 is 9.59 Å². The number of nitrogens with zero attached hydrogens (tertiary/aromatic N) is 3. The standard InChI is InChI=1S/C18H22N4O2/c1-2-21-13-16(11-20-21)22-12-15(10-17(22)23)18(24)19-9-8-14-6-4-3-5-7-14/h3-7,11,13,15H,2,8-10,12H2,1H3,(H,19,24)/t15-/m0/s1. The maximum absolute atomic E-state index is 12.3. The van der Waals surface area contributed by atoms with Crippen molar-refractivity contribution >= 4 is 17.5 Å². The van der Waals surface area contributed by atoms with E-state index in [1.165, 1.54) is 5.56 Å². The molecule has 1 aromatic heterocycles. The van der Waals surface area contributed by atoms with Gasteiger partial charge in [-0.25, -0.2) is 0 Å². The number of aromatic nitrogens is 2. The minimum atomic E-state index is -0.293. The summed E-state index contributed by atoms with van der Waals surface area (Å²) >= 11 is 0. The lowest BCUT2D eigenvalue weighted by molar-refractivity contribution is -0.126. The minimum absolute atomic E-state index is 0.0196. The molecule has 126 valence electrons. The molecule has 1 aliphatic rings. The van der Waals surface area contributed by atoms with Gasteiger partial charge in [0.1, 0.15) is 0 Å². The molecule has 1 aliphatic heterocycles. The summed E-state index contributed by atoms with van der Waals surface area (Å²) in [5.41, 5.74) is 1.95. The molecule has 6 nitrogen and oxygen atoms in total. The van der Waals surface area contributed by atoms with E-state index in [0.29, 0.717) is 13.1 Å². The molecule has 0 saturated carbocycles. The van der Waals surface area contributed by atoms with Crippen LogP contribution in [0.4, 0.5) is 5.69 Å². The van der Waals surface area contributed by atoms with Crippen LogP contribution in [0.25, 0.3) is 0 Å². The fourth-order valence-corrected chi connectivity index (χ4v) is 2.92. The van der Waals surface area contributed by atoms with Gasteiger partial charge in [-0.3, -0.25) is 14.3 Å². The summed E-state index contributed by atoms with van der Waals surface area (Å²) < 4.78 is 1.77. The molecule has 1 fully saturated rings. The van der Waals surface area contributed by atoms with Crippen LogP contribution >= 0.6 is 0 Å². The summed E-state index contributed by atoms with van der Waals surface area (Å²) in [6.07, 6.45) is 4.57. The Morgan fingerprint density at radius 2 is 2.12 bits per heavy atom. The molecule has 1 atom stereocenters. The SMILES string of the molecule is CCn1cc(N2C[C@@H](C(=O)NCCc3ccccc3)CC2=O)cn1. The number of carbonyl (C=O) groups is 2. The van der Waals surface area contributed by atoms with E-state index in [1.54, 1.807) is 15.8 Å². The lowest BCUT2D eigenvalue weighted by Crippen LogP contribution is -2.34. The van der Waals surface area contributed by atoms with Gasteiger partial charge in [0.2, 0.25) is 11.8 Å². The molecule has 0 aliphatic carbocycles. The van der Waals surface area contributed by atoms with Crippen LogP contribution in [0.15, 0.2) is 42.7 Å². The molecule has 0 unspecified atom stereocenters. The summed E-state index contributed by atoms with van der Waals surface area (Å²) in [5, 5.41) is 7.13. The van der Waals surface area contributed by atoms with Gasteiger partial charge in [-0.05, 0) is 18.9 Å². The zero-order valence-electron chi connectivity index (χ0n) is 13.8. The number of aryl methyl sites for hydroxylation is 1. The van der Waals surface area contributed by atoms with E-state index in [1.807, 2.05) is 43.5 Å². The van der Waals surface area contributed by atoms with Gasteiger partial charge in [0.05, 0.1) is 17.8 Å². The van der Waals surface area contributed by atoms with Crippen LogP contribution in [-0.2, 0) is 22.6 Å². The first-order chi connectivity index (χ1) is 11.7. The van der Waals surface area contributed by atoms with Gasteiger partial charge in [-0.2, -0.15) is 5.10 Å². The number of rotatable bonds is 6. The number of amides is 2.